The molecule has 0 heterocycles. The number of aliphatic hydroxyl groups is 1. The van der Waals surface area contributed by atoms with E-state index in [2.05, 4.69) is 21.2 Å². The third-order valence-corrected chi connectivity index (χ3v) is 3.13. The van der Waals surface area contributed by atoms with Crippen molar-refractivity contribution in [2.24, 2.45) is 0 Å². The Labute approximate surface area is 97.4 Å². The van der Waals surface area contributed by atoms with Crippen LogP contribution in [0.3, 0.4) is 0 Å². The van der Waals surface area contributed by atoms with Gasteiger partial charge < -0.3 is 10.4 Å². The van der Waals surface area contributed by atoms with Crippen LogP contribution in [0.5, 0.6) is 0 Å². The first-order valence-corrected chi connectivity index (χ1v) is 5.58. The molecule has 0 aromatic heterocycles. The number of benzene rings is 1. The summed E-state index contributed by atoms with van der Waals surface area (Å²) < 4.78 is 0.898. The van der Waals surface area contributed by atoms with Gasteiger partial charge >= 0.3 is 0 Å². The third kappa shape index (κ3) is 3.58. The van der Waals surface area contributed by atoms with Crippen molar-refractivity contribution >= 4 is 27.5 Å². The summed E-state index contributed by atoms with van der Waals surface area (Å²) >= 11 is 9.22. The van der Waals surface area contributed by atoms with E-state index in [1.807, 2.05) is 25.1 Å². The summed E-state index contributed by atoms with van der Waals surface area (Å²) in [6, 6.07) is 5.90. The van der Waals surface area contributed by atoms with E-state index >= 15 is 0 Å². The van der Waals surface area contributed by atoms with Gasteiger partial charge in [0.25, 0.3) is 0 Å². The third-order valence-electron chi connectivity index (χ3n) is 1.91. The van der Waals surface area contributed by atoms with E-state index in [1.54, 1.807) is 0 Å². The molecule has 0 saturated heterocycles. The molecular formula is C10H13BrClNO. The molecule has 0 unspecified atom stereocenters. The van der Waals surface area contributed by atoms with Crippen LogP contribution < -0.4 is 5.32 Å². The van der Waals surface area contributed by atoms with Gasteiger partial charge in [-0.05, 0) is 40.5 Å². The van der Waals surface area contributed by atoms with Crippen molar-refractivity contribution in [2.75, 3.05) is 6.61 Å². The molecule has 1 aromatic carbocycles. The summed E-state index contributed by atoms with van der Waals surface area (Å²) in [6.07, 6.45) is 0. The summed E-state index contributed by atoms with van der Waals surface area (Å²) in [5, 5.41) is 12.7. The van der Waals surface area contributed by atoms with Crippen LogP contribution >= 0.6 is 27.5 Å². The van der Waals surface area contributed by atoms with Crippen molar-refractivity contribution in [1.82, 2.24) is 5.32 Å². The molecule has 1 aromatic rings. The Hall–Kier alpha value is -0.0900. The normalized spacial score (nSPS) is 12.9. The summed E-state index contributed by atoms with van der Waals surface area (Å²) in [7, 11) is 0. The van der Waals surface area contributed by atoms with Crippen LogP contribution in [-0.2, 0) is 6.54 Å². The maximum absolute atomic E-state index is 8.82. The Kier molecular flexibility index (Phi) is 4.89. The zero-order chi connectivity index (χ0) is 10.6. The molecule has 14 heavy (non-hydrogen) atoms. The number of nitrogens with one attached hydrogen (secondary N) is 1. The van der Waals surface area contributed by atoms with Gasteiger partial charge in [-0.15, -0.1) is 0 Å². The monoisotopic (exact) mass is 277 g/mol. The van der Waals surface area contributed by atoms with Crippen LogP contribution in [0.4, 0.5) is 0 Å². The number of aliphatic hydroxyl groups excluding tert-OH is 1. The smallest absolute Gasteiger partial charge is 0.0582 e. The molecule has 2 N–H and O–H groups in total. The molecule has 4 heteroatoms. The minimum absolute atomic E-state index is 0.115. The lowest BCUT2D eigenvalue weighted by molar-refractivity contribution is 0.251. The second-order valence-corrected chi connectivity index (χ2v) is 4.47. The standard InChI is InChI=1S/C10H13BrClNO/c1-7(6-14)13-5-8-2-3-10(12)9(11)4-8/h2-4,7,13-14H,5-6H2,1H3/t7-/m0/s1. The maximum atomic E-state index is 8.82. The van der Waals surface area contributed by atoms with Crippen molar-refractivity contribution in [3.8, 4) is 0 Å². The molecule has 2 nitrogen and oxygen atoms in total. The Bertz CT molecular complexity index is 306. The van der Waals surface area contributed by atoms with Crippen LogP contribution in [-0.4, -0.2) is 17.8 Å². The zero-order valence-corrected chi connectivity index (χ0v) is 10.3. The summed E-state index contributed by atoms with van der Waals surface area (Å²) in [5.74, 6) is 0. The fourth-order valence-electron chi connectivity index (χ4n) is 1.01. The van der Waals surface area contributed by atoms with Crippen molar-refractivity contribution in [3.05, 3.63) is 33.3 Å². The molecule has 0 bridgehead atoms. The summed E-state index contributed by atoms with van der Waals surface area (Å²) in [5.41, 5.74) is 1.14. The summed E-state index contributed by atoms with van der Waals surface area (Å²) in [6.45, 7) is 2.82. The molecule has 0 saturated carbocycles. The topological polar surface area (TPSA) is 32.3 Å². The zero-order valence-electron chi connectivity index (χ0n) is 7.93. The molecule has 0 amide bonds. The molecule has 78 valence electrons. The van der Waals surface area contributed by atoms with Crippen molar-refractivity contribution in [2.45, 2.75) is 19.5 Å². The average molecular weight is 279 g/mol. The van der Waals surface area contributed by atoms with Crippen molar-refractivity contribution in [3.63, 3.8) is 0 Å². The molecule has 0 aliphatic rings. The van der Waals surface area contributed by atoms with E-state index in [-0.39, 0.29) is 12.6 Å². The second kappa shape index (κ2) is 5.71. The lowest BCUT2D eigenvalue weighted by Crippen LogP contribution is -2.28. The van der Waals surface area contributed by atoms with E-state index in [4.69, 9.17) is 16.7 Å². The highest BCUT2D eigenvalue weighted by molar-refractivity contribution is 9.10. The Morgan fingerprint density at radius 3 is 2.86 bits per heavy atom. The molecule has 0 fully saturated rings. The van der Waals surface area contributed by atoms with E-state index in [0.717, 1.165) is 16.6 Å². The predicted octanol–water partition coefficient (Wildman–Crippen LogP) is 2.57. The highest BCUT2D eigenvalue weighted by Gasteiger charge is 2.01. The highest BCUT2D eigenvalue weighted by atomic mass is 79.9. The molecule has 0 spiro atoms. The SMILES string of the molecule is C[C@@H](CO)NCc1ccc(Cl)c(Br)c1. The summed E-state index contributed by atoms with van der Waals surface area (Å²) in [4.78, 5) is 0. The number of hydrogen-bond donors (Lipinski definition) is 2. The van der Waals surface area contributed by atoms with Gasteiger partial charge in [0, 0.05) is 17.1 Å². The van der Waals surface area contributed by atoms with Gasteiger partial charge in [-0.2, -0.15) is 0 Å². The van der Waals surface area contributed by atoms with Crippen LogP contribution in [0.15, 0.2) is 22.7 Å². The molecule has 1 atom stereocenters. The Morgan fingerprint density at radius 1 is 1.57 bits per heavy atom. The minimum atomic E-state index is 0.115. The van der Waals surface area contributed by atoms with Crippen molar-refractivity contribution in [1.29, 1.82) is 0 Å². The highest BCUT2D eigenvalue weighted by Crippen LogP contribution is 2.23. The van der Waals surface area contributed by atoms with Crippen LogP contribution in [0.1, 0.15) is 12.5 Å². The van der Waals surface area contributed by atoms with E-state index < -0.39 is 0 Å². The number of rotatable bonds is 4. The van der Waals surface area contributed by atoms with Gasteiger partial charge in [-0.3, -0.25) is 0 Å². The van der Waals surface area contributed by atoms with Crippen LogP contribution in [0.25, 0.3) is 0 Å². The lowest BCUT2D eigenvalue weighted by Gasteiger charge is -2.10. The first kappa shape index (κ1) is 12.0. The van der Waals surface area contributed by atoms with Gasteiger partial charge in [-0.1, -0.05) is 17.7 Å². The first-order valence-electron chi connectivity index (χ1n) is 4.41. The fraction of sp³-hybridized carbons (Fsp3) is 0.400. The van der Waals surface area contributed by atoms with Crippen LogP contribution in [0, 0.1) is 0 Å². The van der Waals surface area contributed by atoms with Crippen molar-refractivity contribution < 1.29 is 5.11 Å². The van der Waals surface area contributed by atoms with E-state index in [1.165, 1.54) is 0 Å². The maximum Gasteiger partial charge on any atom is 0.0582 e. The first-order chi connectivity index (χ1) is 6.63. The molecule has 1 rings (SSSR count). The minimum Gasteiger partial charge on any atom is -0.395 e. The molecular weight excluding hydrogens is 265 g/mol. The Balaban J connectivity index is 2.55. The van der Waals surface area contributed by atoms with E-state index in [0.29, 0.717) is 5.02 Å². The average Bonchev–Trinajstić information content (AvgIpc) is 2.19. The Morgan fingerprint density at radius 2 is 2.29 bits per heavy atom. The van der Waals surface area contributed by atoms with Crippen LogP contribution in [0.2, 0.25) is 5.02 Å². The van der Waals surface area contributed by atoms with Gasteiger partial charge in [0.2, 0.25) is 0 Å². The second-order valence-electron chi connectivity index (χ2n) is 3.21. The van der Waals surface area contributed by atoms with Gasteiger partial charge in [0.05, 0.1) is 11.6 Å². The predicted molar refractivity (Wildman–Crippen MR) is 62.5 cm³/mol. The van der Waals surface area contributed by atoms with E-state index in [9.17, 15) is 0 Å². The molecule has 0 radical (unpaired) electrons. The largest absolute Gasteiger partial charge is 0.395 e. The van der Waals surface area contributed by atoms with Gasteiger partial charge in [-0.25, -0.2) is 0 Å². The quantitative estimate of drug-likeness (QED) is 0.887. The number of hydrogen-bond acceptors (Lipinski definition) is 2. The van der Waals surface area contributed by atoms with Gasteiger partial charge in [0.1, 0.15) is 0 Å². The fourth-order valence-corrected chi connectivity index (χ4v) is 1.55. The number of halogens is 2. The van der Waals surface area contributed by atoms with Gasteiger partial charge in [0.15, 0.2) is 0 Å². The molecule has 0 aliphatic carbocycles. The molecule has 0 aliphatic heterocycles. The lowest BCUT2D eigenvalue weighted by atomic mass is 10.2.